The number of sulfonamides is 1. The van der Waals surface area contributed by atoms with Crippen molar-refractivity contribution < 1.29 is 13.6 Å². The highest BCUT2D eigenvalue weighted by atomic mass is 35.5. The molecule has 0 aromatic heterocycles. The Balaban J connectivity index is 3.09. The van der Waals surface area contributed by atoms with Crippen molar-refractivity contribution >= 4 is 27.5 Å². The van der Waals surface area contributed by atoms with Crippen LogP contribution in [0.15, 0.2) is 34.3 Å². The number of oxime groups is 1. The number of rotatable bonds is 6. The largest absolute Gasteiger partial charge is 0.409 e. The Kier molecular flexibility index (Phi) is 5.79. The van der Waals surface area contributed by atoms with Crippen LogP contribution < -0.4 is 5.73 Å². The Bertz CT molecular complexity index is 589. The maximum absolute atomic E-state index is 12.5. The smallest absolute Gasteiger partial charge is 0.244 e. The molecule has 0 aliphatic carbocycles. The van der Waals surface area contributed by atoms with Crippen LogP contribution in [0.25, 0.3) is 0 Å². The molecule has 0 radical (unpaired) electrons. The maximum atomic E-state index is 12.5. The minimum Gasteiger partial charge on any atom is -0.409 e. The summed E-state index contributed by atoms with van der Waals surface area (Å²) in [5, 5.41) is 11.7. The fourth-order valence-corrected chi connectivity index (χ4v) is 3.72. The highest BCUT2D eigenvalue weighted by molar-refractivity contribution is 7.89. The Morgan fingerprint density at radius 1 is 1.50 bits per heavy atom. The second kappa shape index (κ2) is 6.92. The molecule has 0 fully saturated rings. The molecule has 3 N–H and O–H groups in total. The third kappa shape index (κ3) is 3.62. The summed E-state index contributed by atoms with van der Waals surface area (Å²) < 4.78 is 26.3. The van der Waals surface area contributed by atoms with Crippen molar-refractivity contribution in [3.63, 3.8) is 0 Å². The molecule has 6 nitrogen and oxygen atoms in total. The molecule has 0 spiro atoms. The predicted octanol–water partition coefficient (Wildman–Crippen LogP) is 1.73. The zero-order chi connectivity index (χ0) is 15.3. The van der Waals surface area contributed by atoms with E-state index < -0.39 is 15.9 Å². The number of halogens is 1. The molecule has 0 saturated carbocycles. The SMILES string of the molecule is CCN(CC(C)C(N)=NO)S(=O)(=O)c1ccccc1Cl. The molecule has 112 valence electrons. The number of nitrogens with zero attached hydrogens (tertiary/aromatic N) is 2. The Hall–Kier alpha value is -1.31. The molecule has 0 heterocycles. The van der Waals surface area contributed by atoms with Crippen LogP contribution in [0.3, 0.4) is 0 Å². The van der Waals surface area contributed by atoms with E-state index in [1.54, 1.807) is 26.0 Å². The van der Waals surface area contributed by atoms with Gasteiger partial charge in [-0.1, -0.05) is 42.7 Å². The lowest BCUT2D eigenvalue weighted by molar-refractivity contribution is 0.311. The van der Waals surface area contributed by atoms with Crippen LogP contribution in [0.4, 0.5) is 0 Å². The fraction of sp³-hybridized carbons (Fsp3) is 0.417. The van der Waals surface area contributed by atoms with E-state index in [1.165, 1.54) is 16.4 Å². The summed E-state index contributed by atoms with van der Waals surface area (Å²) in [6.07, 6.45) is 0. The monoisotopic (exact) mass is 319 g/mol. The van der Waals surface area contributed by atoms with Crippen molar-refractivity contribution in [2.24, 2.45) is 16.8 Å². The minimum atomic E-state index is -3.71. The third-order valence-corrected chi connectivity index (χ3v) is 5.35. The first-order valence-corrected chi connectivity index (χ1v) is 7.88. The third-order valence-electron chi connectivity index (χ3n) is 2.91. The van der Waals surface area contributed by atoms with Crippen LogP contribution in [-0.2, 0) is 10.0 Å². The first kappa shape index (κ1) is 16.7. The van der Waals surface area contributed by atoms with Gasteiger partial charge in [-0.25, -0.2) is 8.42 Å². The normalized spacial score (nSPS) is 14.5. The topological polar surface area (TPSA) is 96.0 Å². The van der Waals surface area contributed by atoms with E-state index in [2.05, 4.69) is 5.16 Å². The van der Waals surface area contributed by atoms with Gasteiger partial charge in [-0.15, -0.1) is 0 Å². The van der Waals surface area contributed by atoms with Crippen LogP contribution in [-0.4, -0.2) is 36.9 Å². The molecule has 1 aromatic carbocycles. The van der Waals surface area contributed by atoms with Gasteiger partial charge in [0.1, 0.15) is 10.7 Å². The molecular formula is C12H18ClN3O3S. The van der Waals surface area contributed by atoms with Gasteiger partial charge in [0, 0.05) is 19.0 Å². The molecule has 1 aromatic rings. The van der Waals surface area contributed by atoms with E-state index in [-0.39, 0.29) is 28.8 Å². The summed E-state index contributed by atoms with van der Waals surface area (Å²) in [5.41, 5.74) is 5.48. The van der Waals surface area contributed by atoms with Gasteiger partial charge in [0.2, 0.25) is 10.0 Å². The fourth-order valence-electron chi connectivity index (χ4n) is 1.69. The summed E-state index contributed by atoms with van der Waals surface area (Å²) >= 11 is 5.94. The number of hydrogen-bond acceptors (Lipinski definition) is 4. The molecule has 0 amide bonds. The van der Waals surface area contributed by atoms with Gasteiger partial charge in [0.05, 0.1) is 5.02 Å². The highest BCUT2D eigenvalue weighted by Crippen LogP contribution is 2.24. The first-order chi connectivity index (χ1) is 9.34. The van der Waals surface area contributed by atoms with E-state index >= 15 is 0 Å². The number of amidine groups is 1. The Morgan fingerprint density at radius 3 is 2.60 bits per heavy atom. The van der Waals surface area contributed by atoms with E-state index in [0.717, 1.165) is 0 Å². The summed E-state index contributed by atoms with van der Waals surface area (Å²) in [7, 11) is -3.71. The second-order valence-corrected chi connectivity index (χ2v) is 6.63. The summed E-state index contributed by atoms with van der Waals surface area (Å²) in [6.45, 7) is 3.77. The maximum Gasteiger partial charge on any atom is 0.244 e. The zero-order valence-corrected chi connectivity index (χ0v) is 12.9. The van der Waals surface area contributed by atoms with Crippen molar-refractivity contribution in [3.8, 4) is 0 Å². The summed E-state index contributed by atoms with van der Waals surface area (Å²) in [4.78, 5) is 0.0511. The quantitative estimate of drug-likeness (QED) is 0.361. The van der Waals surface area contributed by atoms with Crippen molar-refractivity contribution in [1.29, 1.82) is 0 Å². The lowest BCUT2D eigenvalue weighted by atomic mass is 10.1. The number of hydrogen-bond donors (Lipinski definition) is 2. The van der Waals surface area contributed by atoms with Crippen molar-refractivity contribution in [2.75, 3.05) is 13.1 Å². The van der Waals surface area contributed by atoms with Gasteiger partial charge in [-0.2, -0.15) is 4.31 Å². The van der Waals surface area contributed by atoms with Gasteiger partial charge < -0.3 is 10.9 Å². The van der Waals surface area contributed by atoms with Crippen LogP contribution >= 0.6 is 11.6 Å². The van der Waals surface area contributed by atoms with E-state index in [9.17, 15) is 8.42 Å². The summed E-state index contributed by atoms with van der Waals surface area (Å²) in [6, 6.07) is 6.25. The van der Waals surface area contributed by atoms with Crippen LogP contribution in [0.5, 0.6) is 0 Å². The predicted molar refractivity (Wildman–Crippen MR) is 78.5 cm³/mol. The average molecular weight is 320 g/mol. The first-order valence-electron chi connectivity index (χ1n) is 6.06. The Morgan fingerprint density at radius 2 is 2.10 bits per heavy atom. The second-order valence-electron chi connectivity index (χ2n) is 4.31. The lowest BCUT2D eigenvalue weighted by Crippen LogP contribution is -2.38. The molecule has 0 bridgehead atoms. The highest BCUT2D eigenvalue weighted by Gasteiger charge is 2.27. The molecule has 1 rings (SSSR count). The minimum absolute atomic E-state index is 0.0159. The van der Waals surface area contributed by atoms with Crippen LogP contribution in [0.1, 0.15) is 13.8 Å². The van der Waals surface area contributed by atoms with Crippen molar-refractivity contribution in [1.82, 2.24) is 4.31 Å². The van der Waals surface area contributed by atoms with Crippen LogP contribution in [0.2, 0.25) is 5.02 Å². The van der Waals surface area contributed by atoms with Crippen molar-refractivity contribution in [3.05, 3.63) is 29.3 Å². The lowest BCUT2D eigenvalue weighted by Gasteiger charge is -2.23. The molecule has 0 saturated heterocycles. The molecule has 0 aliphatic rings. The molecule has 8 heteroatoms. The van der Waals surface area contributed by atoms with E-state index in [1.807, 2.05) is 0 Å². The zero-order valence-electron chi connectivity index (χ0n) is 11.3. The van der Waals surface area contributed by atoms with E-state index in [4.69, 9.17) is 22.5 Å². The van der Waals surface area contributed by atoms with Gasteiger partial charge >= 0.3 is 0 Å². The molecule has 0 aliphatic heterocycles. The van der Waals surface area contributed by atoms with Gasteiger partial charge in [-0.3, -0.25) is 0 Å². The van der Waals surface area contributed by atoms with Crippen molar-refractivity contribution in [2.45, 2.75) is 18.7 Å². The van der Waals surface area contributed by atoms with Gasteiger partial charge in [-0.05, 0) is 12.1 Å². The molecule has 20 heavy (non-hydrogen) atoms. The van der Waals surface area contributed by atoms with Gasteiger partial charge in [0.25, 0.3) is 0 Å². The van der Waals surface area contributed by atoms with Crippen LogP contribution in [0, 0.1) is 5.92 Å². The van der Waals surface area contributed by atoms with Gasteiger partial charge in [0.15, 0.2) is 0 Å². The Labute approximate surface area is 123 Å². The molecule has 1 atom stereocenters. The molecule has 1 unspecified atom stereocenters. The van der Waals surface area contributed by atoms with E-state index in [0.29, 0.717) is 0 Å². The number of nitrogens with two attached hydrogens (primary N) is 1. The molecular weight excluding hydrogens is 302 g/mol. The average Bonchev–Trinajstić information content (AvgIpc) is 2.43. The number of benzene rings is 1. The summed E-state index contributed by atoms with van der Waals surface area (Å²) in [5.74, 6) is -0.421. The standard InChI is InChI=1S/C12H18ClN3O3S/c1-3-16(8-9(2)12(14)15-17)20(18,19)11-7-5-4-6-10(11)13/h4-7,9,17H,3,8H2,1-2H3,(H2,14,15).